The van der Waals surface area contributed by atoms with E-state index in [1.54, 1.807) is 36.4 Å². The van der Waals surface area contributed by atoms with Gasteiger partial charge in [0.25, 0.3) is 10.0 Å². The number of hydrogen-bond acceptors (Lipinski definition) is 4. The van der Waals surface area contributed by atoms with Crippen LogP contribution in [-0.4, -0.2) is 44.3 Å². The van der Waals surface area contributed by atoms with Gasteiger partial charge in [0.1, 0.15) is 12.6 Å². The Morgan fingerprint density at radius 3 is 1.98 bits per heavy atom. The Kier molecular flexibility index (Phi) is 11.5. The van der Waals surface area contributed by atoms with Gasteiger partial charge in [-0.3, -0.25) is 13.9 Å². The normalized spacial score (nSPS) is 11.9. The van der Waals surface area contributed by atoms with Crippen molar-refractivity contribution in [3.8, 4) is 0 Å². The summed E-state index contributed by atoms with van der Waals surface area (Å²) in [7, 11) is -4.14. The van der Waals surface area contributed by atoms with E-state index < -0.39 is 28.5 Å². The van der Waals surface area contributed by atoms with Gasteiger partial charge in [0, 0.05) is 19.5 Å². The second-order valence-electron chi connectivity index (χ2n) is 11.3. The molecule has 8 heteroatoms. The number of anilines is 1. The van der Waals surface area contributed by atoms with Crippen LogP contribution in [0.1, 0.15) is 48.1 Å². The smallest absolute Gasteiger partial charge is 0.264 e. The van der Waals surface area contributed by atoms with Gasteiger partial charge in [-0.1, -0.05) is 110 Å². The molecule has 4 aromatic rings. The molecule has 0 heterocycles. The third-order valence-electron chi connectivity index (χ3n) is 7.82. The maximum absolute atomic E-state index is 14.6. The van der Waals surface area contributed by atoms with Gasteiger partial charge in [-0.05, 0) is 61.6 Å². The van der Waals surface area contributed by atoms with Crippen molar-refractivity contribution in [2.75, 3.05) is 17.4 Å². The number of carbonyl (C=O) groups excluding carboxylic acids is 2. The van der Waals surface area contributed by atoms with Crippen molar-refractivity contribution in [3.05, 3.63) is 131 Å². The summed E-state index contributed by atoms with van der Waals surface area (Å²) >= 11 is 0. The molecule has 0 radical (unpaired) electrons. The zero-order chi connectivity index (χ0) is 32.4. The van der Waals surface area contributed by atoms with Crippen LogP contribution in [0, 0.1) is 13.8 Å². The quantitative estimate of drug-likeness (QED) is 0.180. The van der Waals surface area contributed by atoms with Crippen molar-refractivity contribution >= 4 is 27.5 Å². The Hall–Kier alpha value is -4.43. The zero-order valence-electron chi connectivity index (χ0n) is 26.6. The van der Waals surface area contributed by atoms with Gasteiger partial charge in [-0.2, -0.15) is 0 Å². The predicted octanol–water partition coefficient (Wildman–Crippen LogP) is 6.23. The average Bonchev–Trinajstić information content (AvgIpc) is 3.05. The minimum Gasteiger partial charge on any atom is -0.354 e. The number of sulfonamides is 1. The number of nitrogens with one attached hydrogen (secondary N) is 1. The average molecular weight is 626 g/mol. The molecule has 0 aliphatic carbocycles. The van der Waals surface area contributed by atoms with Crippen molar-refractivity contribution in [1.29, 1.82) is 0 Å². The van der Waals surface area contributed by atoms with E-state index in [-0.39, 0.29) is 23.8 Å². The molecule has 0 aliphatic heterocycles. The molecule has 4 aromatic carbocycles. The van der Waals surface area contributed by atoms with Crippen molar-refractivity contribution in [1.82, 2.24) is 10.2 Å². The van der Waals surface area contributed by atoms with Crippen LogP contribution < -0.4 is 9.62 Å². The maximum Gasteiger partial charge on any atom is 0.264 e. The molecule has 0 aromatic heterocycles. The molecule has 0 fully saturated rings. The number of aryl methyl sites for hydroxylation is 3. The molecule has 0 unspecified atom stereocenters. The molecule has 236 valence electrons. The molecule has 1 N–H and O–H groups in total. The van der Waals surface area contributed by atoms with Crippen LogP contribution in [0.3, 0.4) is 0 Å². The van der Waals surface area contributed by atoms with E-state index in [1.807, 2.05) is 94.4 Å². The first-order chi connectivity index (χ1) is 21.6. The van der Waals surface area contributed by atoms with E-state index in [4.69, 9.17) is 0 Å². The molecule has 7 nitrogen and oxygen atoms in total. The summed E-state index contributed by atoms with van der Waals surface area (Å²) in [5, 5.41) is 2.98. The molecule has 4 rings (SSSR count). The number of nitrogens with zero attached hydrogens (tertiary/aromatic N) is 2. The summed E-state index contributed by atoms with van der Waals surface area (Å²) in [5.74, 6) is -0.743. The maximum atomic E-state index is 14.6. The second-order valence-corrected chi connectivity index (χ2v) is 13.2. The number of rotatable bonds is 14. The van der Waals surface area contributed by atoms with Gasteiger partial charge in [-0.15, -0.1) is 0 Å². The largest absolute Gasteiger partial charge is 0.354 e. The first-order valence-electron chi connectivity index (χ1n) is 15.5. The highest BCUT2D eigenvalue weighted by molar-refractivity contribution is 7.92. The van der Waals surface area contributed by atoms with Crippen LogP contribution in [0.5, 0.6) is 0 Å². The third kappa shape index (κ3) is 8.60. The van der Waals surface area contributed by atoms with E-state index >= 15 is 0 Å². The highest BCUT2D eigenvalue weighted by Gasteiger charge is 2.35. The number of amides is 2. The van der Waals surface area contributed by atoms with Crippen LogP contribution in [0.4, 0.5) is 5.69 Å². The van der Waals surface area contributed by atoms with Gasteiger partial charge in [0.05, 0.1) is 10.6 Å². The minimum atomic E-state index is -4.14. The molecule has 0 spiro atoms. The molecule has 0 aliphatic rings. The van der Waals surface area contributed by atoms with Crippen molar-refractivity contribution in [2.45, 2.75) is 64.4 Å². The van der Waals surface area contributed by atoms with Gasteiger partial charge < -0.3 is 10.2 Å². The molecule has 1 atom stereocenters. The van der Waals surface area contributed by atoms with Crippen LogP contribution in [0.15, 0.2) is 108 Å². The molecule has 0 saturated heterocycles. The lowest BCUT2D eigenvalue weighted by molar-refractivity contribution is -0.140. The lowest BCUT2D eigenvalue weighted by Gasteiger charge is -2.34. The van der Waals surface area contributed by atoms with Crippen LogP contribution >= 0.6 is 0 Å². The highest BCUT2D eigenvalue weighted by Crippen LogP contribution is 2.28. The molecule has 0 bridgehead atoms. The minimum absolute atomic E-state index is 0.0958. The topological polar surface area (TPSA) is 86.8 Å². The summed E-state index contributed by atoms with van der Waals surface area (Å²) in [6.45, 7) is 7.95. The summed E-state index contributed by atoms with van der Waals surface area (Å²) in [6.07, 6.45) is 1.60. The SMILES string of the molecule is CCCNC(=O)[C@H](Cc1ccccc1)N(Cc1ccc(C)cc1)C(=O)CN(c1ccccc1CC)S(=O)(=O)c1ccc(C)cc1. The van der Waals surface area contributed by atoms with Gasteiger partial charge in [0.15, 0.2) is 0 Å². The third-order valence-corrected chi connectivity index (χ3v) is 9.60. The number of hydrogen-bond donors (Lipinski definition) is 1. The Morgan fingerprint density at radius 1 is 0.756 bits per heavy atom. The van der Waals surface area contributed by atoms with E-state index in [9.17, 15) is 18.0 Å². The molecular formula is C37H43N3O4S. The summed E-state index contributed by atoms with van der Waals surface area (Å²) in [6, 6.07) is 30.4. The van der Waals surface area contributed by atoms with E-state index in [1.165, 1.54) is 9.21 Å². The summed E-state index contributed by atoms with van der Waals surface area (Å²) < 4.78 is 29.8. The molecule has 2 amide bonds. The van der Waals surface area contributed by atoms with Crippen LogP contribution in [-0.2, 0) is 39.0 Å². The first-order valence-corrected chi connectivity index (χ1v) is 16.9. The van der Waals surface area contributed by atoms with Crippen molar-refractivity contribution in [3.63, 3.8) is 0 Å². The van der Waals surface area contributed by atoms with Gasteiger partial charge in [-0.25, -0.2) is 8.42 Å². The first kappa shape index (κ1) is 33.5. The lowest BCUT2D eigenvalue weighted by atomic mass is 10.0. The summed E-state index contributed by atoms with van der Waals surface area (Å²) in [4.78, 5) is 30.0. The highest BCUT2D eigenvalue weighted by atomic mass is 32.2. The predicted molar refractivity (Wildman–Crippen MR) is 180 cm³/mol. The Balaban J connectivity index is 1.82. The van der Waals surface area contributed by atoms with E-state index in [2.05, 4.69) is 5.32 Å². The van der Waals surface area contributed by atoms with Gasteiger partial charge >= 0.3 is 0 Å². The number of carbonyl (C=O) groups is 2. The fraction of sp³-hybridized carbons (Fsp3) is 0.297. The number of para-hydroxylation sites is 1. The molecular weight excluding hydrogens is 582 g/mol. The monoisotopic (exact) mass is 625 g/mol. The fourth-order valence-corrected chi connectivity index (χ4v) is 6.67. The van der Waals surface area contributed by atoms with Crippen LogP contribution in [0.2, 0.25) is 0 Å². The Labute approximate surface area is 268 Å². The summed E-state index contributed by atoms with van der Waals surface area (Å²) in [5.41, 5.74) is 4.99. The fourth-order valence-electron chi connectivity index (χ4n) is 5.21. The Bertz CT molecular complexity index is 1670. The molecule has 45 heavy (non-hydrogen) atoms. The zero-order valence-corrected chi connectivity index (χ0v) is 27.4. The number of benzene rings is 4. The van der Waals surface area contributed by atoms with E-state index in [0.29, 0.717) is 18.7 Å². The molecule has 0 saturated carbocycles. The lowest BCUT2D eigenvalue weighted by Crippen LogP contribution is -2.53. The standard InChI is InChI=1S/C37H43N3O4S/c1-5-24-38-37(42)35(25-30-12-8-7-9-13-30)39(26-31-20-16-28(3)17-21-31)36(41)27-40(34-15-11-10-14-32(34)6-2)45(43,44)33-22-18-29(4)19-23-33/h7-23,35H,5-6,24-27H2,1-4H3,(H,38,42)/t35-/m0/s1. The van der Waals surface area contributed by atoms with Gasteiger partial charge in [0.2, 0.25) is 11.8 Å². The van der Waals surface area contributed by atoms with E-state index in [0.717, 1.165) is 34.2 Å². The Morgan fingerprint density at radius 2 is 1.36 bits per heavy atom. The second kappa shape index (κ2) is 15.5. The van der Waals surface area contributed by atoms with Crippen molar-refractivity contribution < 1.29 is 18.0 Å². The van der Waals surface area contributed by atoms with Crippen LogP contribution in [0.25, 0.3) is 0 Å². The van der Waals surface area contributed by atoms with Crippen molar-refractivity contribution in [2.24, 2.45) is 0 Å².